The number of ether oxygens (including phenoxy) is 1. The van der Waals surface area contributed by atoms with Crippen molar-refractivity contribution in [2.45, 2.75) is 34.1 Å². The van der Waals surface area contributed by atoms with E-state index in [1.54, 1.807) is 59.0 Å². The zero-order valence-corrected chi connectivity index (χ0v) is 14.3. The molecule has 1 aliphatic rings. The molecule has 0 N–H and O–H groups in total. The molecule has 0 bridgehead atoms. The molecule has 5 nitrogen and oxygen atoms in total. The summed E-state index contributed by atoms with van der Waals surface area (Å²) in [6.07, 6.45) is 0.279. The number of hydrogen-bond donors (Lipinski definition) is 0. The Kier molecular flexibility index (Phi) is 4.33. The fourth-order valence-corrected chi connectivity index (χ4v) is 2.69. The number of esters is 1. The number of amides is 1. The number of benzene rings is 1. The smallest absolute Gasteiger partial charge is 0.311 e. The molecule has 0 saturated carbocycles. The van der Waals surface area contributed by atoms with E-state index in [-0.39, 0.29) is 24.7 Å². The molecule has 0 fully saturated rings. The summed E-state index contributed by atoms with van der Waals surface area (Å²) in [5, 5.41) is 0. The summed E-state index contributed by atoms with van der Waals surface area (Å²) in [4.78, 5) is 39.3. The molecule has 2 rings (SSSR count). The molecular formula is C18H23NO4. The molecule has 1 unspecified atom stereocenters. The molecule has 0 aliphatic carbocycles. The van der Waals surface area contributed by atoms with E-state index in [1.807, 2.05) is 0 Å². The maximum absolute atomic E-state index is 12.9. The van der Waals surface area contributed by atoms with Crippen LogP contribution < -0.4 is 4.90 Å². The second kappa shape index (κ2) is 5.80. The standard InChI is InChI=1S/C18H23NO4/c1-6-18(11-23-16(22)17(2,3)4)14(20)12-9-7-8-10-13(12)19(5)15(18)21/h7-10H,6,11H2,1-5H3. The number of carbonyl (C=O) groups excluding carboxylic acids is 3. The zero-order chi connectivity index (χ0) is 17.4. The molecule has 5 heteroatoms. The van der Waals surface area contributed by atoms with Gasteiger partial charge in [-0.3, -0.25) is 14.4 Å². The highest BCUT2D eigenvalue weighted by atomic mass is 16.5. The van der Waals surface area contributed by atoms with E-state index < -0.39 is 16.8 Å². The molecule has 1 heterocycles. The topological polar surface area (TPSA) is 63.7 Å². The predicted molar refractivity (Wildman–Crippen MR) is 87.3 cm³/mol. The first-order valence-corrected chi connectivity index (χ1v) is 7.74. The molecule has 1 aliphatic heterocycles. The lowest BCUT2D eigenvalue weighted by Crippen LogP contribution is -2.54. The van der Waals surface area contributed by atoms with Crippen LogP contribution >= 0.6 is 0 Å². The van der Waals surface area contributed by atoms with Crippen molar-refractivity contribution in [1.29, 1.82) is 0 Å². The van der Waals surface area contributed by atoms with Gasteiger partial charge in [-0.15, -0.1) is 0 Å². The van der Waals surface area contributed by atoms with Crippen LogP contribution in [0.4, 0.5) is 5.69 Å². The third kappa shape index (κ3) is 2.76. The molecule has 1 aromatic carbocycles. The Morgan fingerprint density at radius 3 is 2.39 bits per heavy atom. The van der Waals surface area contributed by atoms with E-state index in [2.05, 4.69) is 0 Å². The average molecular weight is 317 g/mol. The van der Waals surface area contributed by atoms with Crippen LogP contribution in [0.15, 0.2) is 24.3 Å². The summed E-state index contributed by atoms with van der Waals surface area (Å²) in [6, 6.07) is 7.00. The Hall–Kier alpha value is -2.17. The molecule has 0 radical (unpaired) electrons. The maximum Gasteiger partial charge on any atom is 0.311 e. The largest absolute Gasteiger partial charge is 0.464 e. The monoisotopic (exact) mass is 317 g/mol. The van der Waals surface area contributed by atoms with Crippen molar-refractivity contribution in [3.05, 3.63) is 29.8 Å². The minimum atomic E-state index is -1.34. The molecule has 1 amide bonds. The summed E-state index contributed by atoms with van der Waals surface area (Å²) in [5.74, 6) is -1.03. The number of rotatable bonds is 3. The van der Waals surface area contributed by atoms with Crippen LogP contribution in [0.1, 0.15) is 44.5 Å². The predicted octanol–water partition coefficient (Wildman–Crippen LogP) is 2.83. The van der Waals surface area contributed by atoms with Crippen molar-refractivity contribution in [1.82, 2.24) is 0 Å². The van der Waals surface area contributed by atoms with Crippen molar-refractivity contribution in [2.24, 2.45) is 10.8 Å². The van der Waals surface area contributed by atoms with Gasteiger partial charge in [0.15, 0.2) is 5.78 Å². The summed E-state index contributed by atoms with van der Waals surface area (Å²) in [5.41, 5.74) is -0.944. The van der Waals surface area contributed by atoms with Crippen LogP contribution in [0, 0.1) is 10.8 Å². The first kappa shape index (κ1) is 17.2. The Balaban J connectivity index is 2.40. The SMILES string of the molecule is CCC1(COC(=O)C(C)(C)C)C(=O)c2ccccc2N(C)C1=O. The Morgan fingerprint density at radius 1 is 1.22 bits per heavy atom. The molecule has 124 valence electrons. The van der Waals surface area contributed by atoms with Gasteiger partial charge in [0, 0.05) is 12.6 Å². The normalized spacial score (nSPS) is 21.2. The molecular weight excluding hydrogens is 294 g/mol. The number of ketones is 1. The minimum absolute atomic E-state index is 0.226. The fourth-order valence-electron chi connectivity index (χ4n) is 2.69. The first-order valence-electron chi connectivity index (χ1n) is 7.74. The van der Waals surface area contributed by atoms with Gasteiger partial charge in [-0.2, -0.15) is 0 Å². The Bertz CT molecular complexity index is 659. The van der Waals surface area contributed by atoms with Crippen LogP contribution in [-0.2, 0) is 14.3 Å². The van der Waals surface area contributed by atoms with E-state index in [9.17, 15) is 14.4 Å². The number of anilines is 1. The van der Waals surface area contributed by atoms with Gasteiger partial charge < -0.3 is 9.64 Å². The average Bonchev–Trinajstić information content (AvgIpc) is 2.52. The molecule has 1 atom stereocenters. The maximum atomic E-state index is 12.9. The van der Waals surface area contributed by atoms with Crippen molar-refractivity contribution in [2.75, 3.05) is 18.6 Å². The lowest BCUT2D eigenvalue weighted by molar-refractivity contribution is -0.157. The first-order chi connectivity index (χ1) is 10.6. The quantitative estimate of drug-likeness (QED) is 0.635. The van der Waals surface area contributed by atoms with Crippen LogP contribution in [0.25, 0.3) is 0 Å². The van der Waals surface area contributed by atoms with Crippen LogP contribution in [-0.4, -0.2) is 31.3 Å². The van der Waals surface area contributed by atoms with Gasteiger partial charge in [0.1, 0.15) is 12.0 Å². The number of Topliss-reactive ketones (excluding diaryl/α,β-unsaturated/α-hetero) is 1. The van der Waals surface area contributed by atoms with E-state index in [1.165, 1.54) is 4.90 Å². The second-order valence-corrected chi connectivity index (χ2v) is 6.97. The summed E-state index contributed by atoms with van der Waals surface area (Å²) in [7, 11) is 1.64. The van der Waals surface area contributed by atoms with Gasteiger partial charge in [-0.25, -0.2) is 0 Å². The van der Waals surface area contributed by atoms with Crippen LogP contribution in [0.5, 0.6) is 0 Å². The highest BCUT2D eigenvalue weighted by Crippen LogP contribution is 2.39. The number of hydrogen-bond acceptors (Lipinski definition) is 4. The molecule has 0 aromatic heterocycles. The number of fused-ring (bicyclic) bond motifs is 1. The van der Waals surface area contributed by atoms with Gasteiger partial charge >= 0.3 is 5.97 Å². The van der Waals surface area contributed by atoms with Gasteiger partial charge in [-0.1, -0.05) is 19.1 Å². The van der Waals surface area contributed by atoms with Gasteiger partial charge in [0.05, 0.1) is 11.1 Å². The fraction of sp³-hybridized carbons (Fsp3) is 0.500. The number of para-hydroxylation sites is 1. The van der Waals surface area contributed by atoms with Gasteiger partial charge in [-0.05, 0) is 39.3 Å². The third-order valence-corrected chi connectivity index (χ3v) is 4.32. The lowest BCUT2D eigenvalue weighted by atomic mass is 9.74. The third-order valence-electron chi connectivity index (χ3n) is 4.32. The van der Waals surface area contributed by atoms with Crippen molar-refractivity contribution >= 4 is 23.3 Å². The summed E-state index contributed by atoms with van der Waals surface area (Å²) in [6.45, 7) is 6.75. The summed E-state index contributed by atoms with van der Waals surface area (Å²) >= 11 is 0. The molecule has 0 saturated heterocycles. The van der Waals surface area contributed by atoms with Crippen molar-refractivity contribution in [3.63, 3.8) is 0 Å². The molecule has 23 heavy (non-hydrogen) atoms. The molecule has 1 aromatic rings. The highest BCUT2D eigenvalue weighted by molar-refractivity contribution is 6.24. The van der Waals surface area contributed by atoms with E-state index in [0.717, 1.165) is 0 Å². The van der Waals surface area contributed by atoms with Gasteiger partial charge in [0.2, 0.25) is 5.91 Å². The van der Waals surface area contributed by atoms with E-state index in [4.69, 9.17) is 4.74 Å². The molecule has 0 spiro atoms. The second-order valence-electron chi connectivity index (χ2n) is 6.97. The van der Waals surface area contributed by atoms with Crippen LogP contribution in [0.2, 0.25) is 0 Å². The summed E-state index contributed by atoms with van der Waals surface area (Å²) < 4.78 is 5.34. The Morgan fingerprint density at radius 2 is 1.83 bits per heavy atom. The van der Waals surface area contributed by atoms with Gasteiger partial charge in [0.25, 0.3) is 0 Å². The van der Waals surface area contributed by atoms with Crippen molar-refractivity contribution < 1.29 is 19.1 Å². The lowest BCUT2D eigenvalue weighted by Gasteiger charge is -2.39. The number of nitrogens with zero attached hydrogens (tertiary/aromatic N) is 1. The van der Waals surface area contributed by atoms with Crippen LogP contribution in [0.3, 0.4) is 0 Å². The highest BCUT2D eigenvalue weighted by Gasteiger charge is 2.52. The van der Waals surface area contributed by atoms with Crippen molar-refractivity contribution in [3.8, 4) is 0 Å². The van der Waals surface area contributed by atoms with E-state index >= 15 is 0 Å². The van der Waals surface area contributed by atoms with E-state index in [0.29, 0.717) is 11.3 Å². The zero-order valence-electron chi connectivity index (χ0n) is 14.3. The Labute approximate surface area is 136 Å². The minimum Gasteiger partial charge on any atom is -0.464 e. The number of carbonyl (C=O) groups is 3.